The molecule has 0 heterocycles. The summed E-state index contributed by atoms with van der Waals surface area (Å²) >= 11 is 0. The minimum Gasteiger partial charge on any atom is -0.326 e. The molecule has 1 aliphatic rings. The Bertz CT molecular complexity index is 1850. The molecule has 0 bridgehead atoms. The molecule has 0 aliphatic heterocycles. The lowest BCUT2D eigenvalue weighted by atomic mass is 9.67. The number of carbonyl (C=O) groups is 2. The number of benzene rings is 6. The second-order valence-corrected chi connectivity index (χ2v) is 12.1. The summed E-state index contributed by atoms with van der Waals surface area (Å²) < 4.78 is 0. The molecule has 7 rings (SSSR count). The van der Waals surface area contributed by atoms with Crippen LogP contribution in [-0.4, -0.2) is 11.8 Å². The molecule has 2 N–H and O–H groups in total. The van der Waals surface area contributed by atoms with Crippen molar-refractivity contribution in [2.75, 3.05) is 10.6 Å². The molecule has 0 saturated carbocycles. The van der Waals surface area contributed by atoms with Gasteiger partial charge in [-0.3, -0.25) is 9.59 Å². The van der Waals surface area contributed by atoms with Gasteiger partial charge in [0.2, 0.25) is 11.8 Å². The van der Waals surface area contributed by atoms with Crippen molar-refractivity contribution in [1.82, 2.24) is 0 Å². The fraction of sp³-hybridized carbons (Fsp3) is 0.116. The van der Waals surface area contributed by atoms with E-state index >= 15 is 0 Å². The number of aryl methyl sites for hydroxylation is 2. The van der Waals surface area contributed by atoms with Gasteiger partial charge in [0, 0.05) is 24.2 Å². The third-order valence-corrected chi connectivity index (χ3v) is 9.12. The maximum absolute atomic E-state index is 12.8. The van der Waals surface area contributed by atoms with Crippen molar-refractivity contribution >= 4 is 23.2 Å². The predicted molar refractivity (Wildman–Crippen MR) is 191 cm³/mol. The van der Waals surface area contributed by atoms with Gasteiger partial charge in [0.05, 0.1) is 5.41 Å². The maximum Gasteiger partial charge on any atom is 0.224 e. The Morgan fingerprint density at radius 1 is 0.426 bits per heavy atom. The average molecular weight is 613 g/mol. The molecule has 4 heteroatoms. The predicted octanol–water partition coefficient (Wildman–Crippen LogP) is 9.19. The van der Waals surface area contributed by atoms with E-state index in [-0.39, 0.29) is 11.8 Å². The van der Waals surface area contributed by atoms with Crippen molar-refractivity contribution < 1.29 is 9.59 Å². The van der Waals surface area contributed by atoms with E-state index in [2.05, 4.69) is 83.4 Å². The van der Waals surface area contributed by atoms with Gasteiger partial charge in [-0.1, -0.05) is 133 Å². The summed E-state index contributed by atoms with van der Waals surface area (Å²) in [7, 11) is 0. The summed E-state index contributed by atoms with van der Waals surface area (Å²) in [4.78, 5) is 25.6. The van der Waals surface area contributed by atoms with Crippen LogP contribution in [0.25, 0.3) is 11.1 Å². The average Bonchev–Trinajstić information content (AvgIpc) is 3.43. The Hall–Kier alpha value is -5.74. The summed E-state index contributed by atoms with van der Waals surface area (Å²) in [6.07, 6.45) is 2.24. The number of nitrogens with one attached hydrogen (secondary N) is 2. The lowest BCUT2D eigenvalue weighted by Gasteiger charge is -2.34. The number of amides is 2. The van der Waals surface area contributed by atoms with Gasteiger partial charge in [0.25, 0.3) is 0 Å². The van der Waals surface area contributed by atoms with E-state index in [1.165, 1.54) is 22.3 Å². The molecule has 6 aromatic rings. The standard InChI is InChI=1S/C43H36N2O2/c46-41(29-19-31-11-3-1-4-12-31)44-35-25-21-33(22-26-35)43(39-17-9-7-15-37(39)38-16-8-10-18-40(38)43)34-23-27-36(28-24-34)45-42(47)30-20-32-13-5-2-6-14-32/h1-18,21-28H,19-20,29-30H2,(H,44,46)(H,45,47). The van der Waals surface area contributed by atoms with E-state index < -0.39 is 5.41 Å². The van der Waals surface area contributed by atoms with Crippen LogP contribution in [0.4, 0.5) is 11.4 Å². The van der Waals surface area contributed by atoms with Gasteiger partial charge in [0.1, 0.15) is 0 Å². The first-order valence-corrected chi connectivity index (χ1v) is 16.2. The van der Waals surface area contributed by atoms with E-state index in [0.717, 1.165) is 33.6 Å². The van der Waals surface area contributed by atoms with Crippen LogP contribution in [0.3, 0.4) is 0 Å². The number of carbonyl (C=O) groups excluding carboxylic acids is 2. The minimum atomic E-state index is -0.571. The van der Waals surface area contributed by atoms with Crippen LogP contribution in [0.5, 0.6) is 0 Å². The van der Waals surface area contributed by atoms with Crippen LogP contribution in [0.15, 0.2) is 158 Å². The minimum absolute atomic E-state index is 0.00530. The highest BCUT2D eigenvalue weighted by Gasteiger charge is 2.45. The van der Waals surface area contributed by atoms with Crippen molar-refractivity contribution in [3.63, 3.8) is 0 Å². The first-order valence-electron chi connectivity index (χ1n) is 16.2. The number of anilines is 2. The topological polar surface area (TPSA) is 58.2 Å². The summed E-state index contributed by atoms with van der Waals surface area (Å²) in [6, 6.07) is 53.9. The molecule has 47 heavy (non-hydrogen) atoms. The van der Waals surface area contributed by atoms with Crippen LogP contribution in [0.1, 0.15) is 46.2 Å². The van der Waals surface area contributed by atoms with Crippen molar-refractivity contribution in [1.29, 1.82) is 0 Å². The first kappa shape index (κ1) is 29.9. The number of fused-ring (bicyclic) bond motifs is 3. The number of hydrogen-bond donors (Lipinski definition) is 2. The molecule has 1 aliphatic carbocycles. The Balaban J connectivity index is 1.18. The fourth-order valence-electron chi connectivity index (χ4n) is 6.88. The van der Waals surface area contributed by atoms with Gasteiger partial charge in [-0.15, -0.1) is 0 Å². The second-order valence-electron chi connectivity index (χ2n) is 12.1. The molecule has 0 saturated heterocycles. The molecular weight excluding hydrogens is 576 g/mol. The van der Waals surface area contributed by atoms with Crippen LogP contribution in [0, 0.1) is 0 Å². The van der Waals surface area contributed by atoms with Gasteiger partial charge in [-0.2, -0.15) is 0 Å². The largest absolute Gasteiger partial charge is 0.326 e. The van der Waals surface area contributed by atoms with E-state index in [9.17, 15) is 9.59 Å². The molecule has 2 amide bonds. The Morgan fingerprint density at radius 3 is 1.19 bits per heavy atom. The zero-order chi connectivity index (χ0) is 32.1. The Kier molecular flexibility index (Phi) is 8.48. The van der Waals surface area contributed by atoms with Crippen LogP contribution in [0.2, 0.25) is 0 Å². The van der Waals surface area contributed by atoms with Crippen molar-refractivity contribution in [3.8, 4) is 11.1 Å². The van der Waals surface area contributed by atoms with E-state index in [4.69, 9.17) is 0 Å². The molecule has 0 fully saturated rings. The lowest BCUT2D eigenvalue weighted by Crippen LogP contribution is -2.28. The smallest absolute Gasteiger partial charge is 0.224 e. The van der Waals surface area contributed by atoms with Gasteiger partial charge in [-0.25, -0.2) is 0 Å². The molecule has 0 atom stereocenters. The summed E-state index contributed by atoms with van der Waals surface area (Å²) in [6.45, 7) is 0. The zero-order valence-electron chi connectivity index (χ0n) is 26.2. The van der Waals surface area contributed by atoms with Crippen molar-refractivity contribution in [2.45, 2.75) is 31.1 Å². The lowest BCUT2D eigenvalue weighted by molar-refractivity contribution is -0.117. The van der Waals surface area contributed by atoms with E-state index in [1.807, 2.05) is 84.9 Å². The monoisotopic (exact) mass is 612 g/mol. The Labute approximate surface area is 276 Å². The molecular formula is C43H36N2O2. The molecule has 0 spiro atoms. The summed E-state index contributed by atoms with van der Waals surface area (Å²) in [5, 5.41) is 6.18. The number of rotatable bonds is 10. The SMILES string of the molecule is O=C(CCc1ccccc1)Nc1ccc(C2(c3ccc(NC(=O)CCc4ccccc4)cc3)c3ccccc3-c3ccccc32)cc1. The van der Waals surface area contributed by atoms with E-state index in [1.54, 1.807) is 0 Å². The fourth-order valence-corrected chi connectivity index (χ4v) is 6.88. The molecule has 0 radical (unpaired) electrons. The van der Waals surface area contributed by atoms with Gasteiger partial charge in [-0.05, 0) is 81.6 Å². The maximum atomic E-state index is 12.8. The third kappa shape index (κ3) is 6.10. The highest BCUT2D eigenvalue weighted by Crippen LogP contribution is 2.56. The van der Waals surface area contributed by atoms with Gasteiger partial charge in [0.15, 0.2) is 0 Å². The van der Waals surface area contributed by atoms with Gasteiger partial charge < -0.3 is 10.6 Å². The van der Waals surface area contributed by atoms with Crippen LogP contribution in [-0.2, 0) is 27.8 Å². The molecule has 0 aromatic heterocycles. The van der Waals surface area contributed by atoms with E-state index in [0.29, 0.717) is 25.7 Å². The molecule has 6 aromatic carbocycles. The normalized spacial score (nSPS) is 12.5. The zero-order valence-corrected chi connectivity index (χ0v) is 26.2. The Morgan fingerprint density at radius 2 is 0.787 bits per heavy atom. The summed E-state index contributed by atoms with van der Waals surface area (Å²) in [5.41, 5.74) is 10.3. The number of hydrogen-bond acceptors (Lipinski definition) is 2. The second kappa shape index (κ2) is 13.3. The van der Waals surface area contributed by atoms with Gasteiger partial charge >= 0.3 is 0 Å². The van der Waals surface area contributed by atoms with Crippen molar-refractivity contribution in [2.24, 2.45) is 0 Å². The third-order valence-electron chi connectivity index (χ3n) is 9.12. The van der Waals surface area contributed by atoms with Crippen LogP contribution < -0.4 is 10.6 Å². The molecule has 4 nitrogen and oxygen atoms in total. The quantitative estimate of drug-likeness (QED) is 0.162. The summed E-state index contributed by atoms with van der Waals surface area (Å²) in [5.74, 6) is -0.0106. The first-order chi connectivity index (χ1) is 23.1. The highest BCUT2D eigenvalue weighted by atomic mass is 16.2. The molecule has 230 valence electrons. The van der Waals surface area contributed by atoms with Crippen molar-refractivity contribution in [3.05, 3.63) is 191 Å². The van der Waals surface area contributed by atoms with Crippen LogP contribution >= 0.6 is 0 Å². The molecule has 0 unspecified atom stereocenters. The highest BCUT2D eigenvalue weighted by molar-refractivity contribution is 5.92.